The highest BCUT2D eigenvalue weighted by atomic mass is 32.2. The first kappa shape index (κ1) is 18.0. The highest BCUT2D eigenvalue weighted by Crippen LogP contribution is 2.17. The largest absolute Gasteiger partial charge is 0.494 e. The Kier molecular flexibility index (Phi) is 5.63. The van der Waals surface area contributed by atoms with Crippen molar-refractivity contribution in [1.82, 2.24) is 4.72 Å². The van der Waals surface area contributed by atoms with Gasteiger partial charge in [0.2, 0.25) is 10.0 Å². The summed E-state index contributed by atoms with van der Waals surface area (Å²) in [5.41, 5.74) is -0.0466. The van der Waals surface area contributed by atoms with Gasteiger partial charge in [-0.25, -0.2) is 21.9 Å². The van der Waals surface area contributed by atoms with Gasteiger partial charge >= 0.3 is 0 Å². The quantitative estimate of drug-likeness (QED) is 0.775. The van der Waals surface area contributed by atoms with Crippen molar-refractivity contribution in [2.24, 2.45) is 0 Å². The third-order valence-electron chi connectivity index (χ3n) is 3.05. The molecule has 0 atom stereocenters. The lowest BCUT2D eigenvalue weighted by atomic mass is 10.1. The SMILES string of the molecule is CCOc1cc(F)cc(C(=O)CNS(=O)(=O)c2ccccc2F)c1. The van der Waals surface area contributed by atoms with Gasteiger partial charge in [-0.2, -0.15) is 0 Å². The second kappa shape index (κ2) is 7.50. The van der Waals surface area contributed by atoms with Crippen LogP contribution in [0.4, 0.5) is 8.78 Å². The number of rotatable bonds is 7. The third-order valence-corrected chi connectivity index (χ3v) is 4.49. The molecule has 0 aromatic heterocycles. The molecule has 0 unspecified atom stereocenters. The second-order valence-corrected chi connectivity index (χ2v) is 6.52. The highest BCUT2D eigenvalue weighted by molar-refractivity contribution is 7.89. The Morgan fingerprint density at radius 3 is 2.54 bits per heavy atom. The predicted octanol–water partition coefficient (Wildman–Crippen LogP) is 2.52. The number of sulfonamides is 1. The maximum Gasteiger partial charge on any atom is 0.243 e. The van der Waals surface area contributed by atoms with E-state index >= 15 is 0 Å². The number of nitrogens with one attached hydrogen (secondary N) is 1. The third kappa shape index (κ3) is 4.36. The second-order valence-electron chi connectivity index (χ2n) is 4.79. The number of carbonyl (C=O) groups excluding carboxylic acids is 1. The van der Waals surface area contributed by atoms with Crippen molar-refractivity contribution in [2.45, 2.75) is 11.8 Å². The minimum absolute atomic E-state index is 0.0466. The van der Waals surface area contributed by atoms with Crippen LogP contribution < -0.4 is 9.46 Å². The lowest BCUT2D eigenvalue weighted by Crippen LogP contribution is -2.30. The van der Waals surface area contributed by atoms with Gasteiger partial charge in [-0.3, -0.25) is 4.79 Å². The van der Waals surface area contributed by atoms with Crippen LogP contribution in [0.5, 0.6) is 5.75 Å². The van der Waals surface area contributed by atoms with E-state index in [9.17, 15) is 22.0 Å². The monoisotopic (exact) mass is 355 g/mol. The number of hydrogen-bond donors (Lipinski definition) is 1. The summed E-state index contributed by atoms with van der Waals surface area (Å²) < 4.78 is 58.2. The molecule has 24 heavy (non-hydrogen) atoms. The minimum Gasteiger partial charge on any atom is -0.494 e. The molecule has 2 aromatic carbocycles. The summed E-state index contributed by atoms with van der Waals surface area (Å²) in [6.45, 7) is 1.36. The molecule has 0 spiro atoms. The molecule has 0 bridgehead atoms. The molecule has 0 heterocycles. The smallest absolute Gasteiger partial charge is 0.243 e. The zero-order valence-corrected chi connectivity index (χ0v) is 13.6. The molecule has 0 aliphatic carbocycles. The standard InChI is InChI=1S/C16H15F2NO4S/c1-2-23-13-8-11(7-12(17)9-13)15(20)10-19-24(21,22)16-6-4-3-5-14(16)18/h3-9,19H,2,10H2,1H3. The summed E-state index contributed by atoms with van der Waals surface area (Å²) in [5, 5.41) is 0. The molecule has 0 radical (unpaired) electrons. The number of hydrogen-bond acceptors (Lipinski definition) is 4. The molecule has 0 aliphatic heterocycles. The highest BCUT2D eigenvalue weighted by Gasteiger charge is 2.20. The first-order chi connectivity index (χ1) is 11.3. The summed E-state index contributed by atoms with van der Waals surface area (Å²) >= 11 is 0. The van der Waals surface area contributed by atoms with Crippen molar-refractivity contribution in [3.8, 4) is 5.75 Å². The fourth-order valence-electron chi connectivity index (χ4n) is 1.98. The van der Waals surface area contributed by atoms with E-state index in [4.69, 9.17) is 4.74 Å². The molecule has 1 N–H and O–H groups in total. The number of ether oxygens (including phenoxy) is 1. The Morgan fingerprint density at radius 1 is 1.17 bits per heavy atom. The molecule has 5 nitrogen and oxygen atoms in total. The van der Waals surface area contributed by atoms with Crippen LogP contribution in [0.1, 0.15) is 17.3 Å². The van der Waals surface area contributed by atoms with E-state index < -0.39 is 38.9 Å². The van der Waals surface area contributed by atoms with Crippen molar-refractivity contribution in [2.75, 3.05) is 13.2 Å². The molecule has 128 valence electrons. The molecular weight excluding hydrogens is 340 g/mol. The van der Waals surface area contributed by atoms with Gasteiger partial charge in [-0.15, -0.1) is 0 Å². The van der Waals surface area contributed by atoms with Crippen molar-refractivity contribution >= 4 is 15.8 Å². The van der Waals surface area contributed by atoms with Crippen molar-refractivity contribution < 1.29 is 26.7 Å². The topological polar surface area (TPSA) is 72.5 Å². The lowest BCUT2D eigenvalue weighted by molar-refractivity contribution is 0.0996. The molecule has 2 rings (SSSR count). The van der Waals surface area contributed by atoms with Crippen LogP contribution in [0, 0.1) is 11.6 Å². The van der Waals surface area contributed by atoms with Crippen LogP contribution >= 0.6 is 0 Å². The van der Waals surface area contributed by atoms with Gasteiger partial charge in [0.05, 0.1) is 13.2 Å². The van der Waals surface area contributed by atoms with Gasteiger partial charge in [0.15, 0.2) is 5.78 Å². The maximum absolute atomic E-state index is 13.6. The fourth-order valence-corrected chi connectivity index (χ4v) is 3.04. The minimum atomic E-state index is -4.20. The lowest BCUT2D eigenvalue weighted by Gasteiger charge is -2.09. The molecule has 0 fully saturated rings. The zero-order valence-electron chi connectivity index (χ0n) is 12.8. The van der Waals surface area contributed by atoms with Crippen LogP contribution in [-0.2, 0) is 10.0 Å². The Morgan fingerprint density at radius 2 is 1.88 bits per heavy atom. The van der Waals surface area contributed by atoms with Crippen LogP contribution in [0.25, 0.3) is 0 Å². The van der Waals surface area contributed by atoms with Crippen molar-refractivity contribution in [3.05, 3.63) is 59.7 Å². The predicted molar refractivity (Wildman–Crippen MR) is 83.5 cm³/mol. The first-order valence-electron chi connectivity index (χ1n) is 7.04. The van der Waals surface area contributed by atoms with E-state index in [0.717, 1.165) is 24.3 Å². The molecular formula is C16H15F2NO4S. The first-order valence-corrected chi connectivity index (χ1v) is 8.52. The molecule has 0 saturated heterocycles. The van der Waals surface area contributed by atoms with Crippen molar-refractivity contribution in [1.29, 1.82) is 0 Å². The molecule has 2 aromatic rings. The summed E-state index contributed by atoms with van der Waals surface area (Å²) in [4.78, 5) is 11.5. The number of benzene rings is 2. The van der Waals surface area contributed by atoms with Crippen molar-refractivity contribution in [3.63, 3.8) is 0 Å². The van der Waals surface area contributed by atoms with Gasteiger partial charge in [0, 0.05) is 11.6 Å². The number of ketones is 1. The average molecular weight is 355 g/mol. The Balaban J connectivity index is 2.15. The van der Waals surface area contributed by atoms with Gasteiger partial charge < -0.3 is 4.74 Å². The average Bonchev–Trinajstić information content (AvgIpc) is 2.52. The summed E-state index contributed by atoms with van der Waals surface area (Å²) in [7, 11) is -4.20. The van der Waals surface area contributed by atoms with E-state index in [1.54, 1.807) is 6.92 Å². The van der Waals surface area contributed by atoms with Crippen LogP contribution in [0.2, 0.25) is 0 Å². The Bertz CT molecular complexity index is 853. The maximum atomic E-state index is 13.6. The summed E-state index contributed by atoms with van der Waals surface area (Å²) in [5.74, 6) is -2.11. The summed E-state index contributed by atoms with van der Waals surface area (Å²) in [6.07, 6.45) is 0. The van der Waals surface area contributed by atoms with Crippen LogP contribution in [0.15, 0.2) is 47.4 Å². The fraction of sp³-hybridized carbons (Fsp3) is 0.188. The van der Waals surface area contributed by atoms with E-state index in [0.29, 0.717) is 0 Å². The van der Waals surface area contributed by atoms with E-state index in [1.807, 2.05) is 4.72 Å². The summed E-state index contributed by atoms with van der Waals surface area (Å²) in [6, 6.07) is 8.19. The Hall–Kier alpha value is -2.32. The zero-order chi connectivity index (χ0) is 17.7. The van der Waals surface area contributed by atoms with Gasteiger partial charge in [0.1, 0.15) is 22.3 Å². The van der Waals surface area contributed by atoms with E-state index in [-0.39, 0.29) is 17.9 Å². The number of Topliss-reactive ketones (excluding diaryl/α,β-unsaturated/α-hetero) is 1. The molecule has 0 aliphatic rings. The number of halogens is 2. The van der Waals surface area contributed by atoms with Gasteiger partial charge in [0.25, 0.3) is 0 Å². The molecule has 0 saturated carbocycles. The van der Waals surface area contributed by atoms with E-state index in [1.165, 1.54) is 18.2 Å². The van der Waals surface area contributed by atoms with E-state index in [2.05, 4.69) is 0 Å². The van der Waals surface area contributed by atoms with Gasteiger partial charge in [-0.1, -0.05) is 12.1 Å². The normalized spacial score (nSPS) is 11.3. The Labute approximate surface area is 138 Å². The van der Waals surface area contributed by atoms with Crippen LogP contribution in [-0.4, -0.2) is 27.4 Å². The molecule has 0 amide bonds. The number of carbonyl (C=O) groups is 1. The van der Waals surface area contributed by atoms with Crippen LogP contribution in [0.3, 0.4) is 0 Å². The van der Waals surface area contributed by atoms with Gasteiger partial charge in [-0.05, 0) is 31.2 Å². The molecule has 8 heteroatoms.